The van der Waals surface area contributed by atoms with Crippen LogP contribution in [0.15, 0.2) is 16.7 Å². The molecule has 3 N–H and O–H groups in total. The lowest BCUT2D eigenvalue weighted by molar-refractivity contribution is 0.0685. The van der Waals surface area contributed by atoms with Gasteiger partial charge in [-0.25, -0.2) is 18.0 Å². The van der Waals surface area contributed by atoms with Gasteiger partial charge in [0.25, 0.3) is 0 Å². The molecule has 0 aliphatic heterocycles. The second-order valence-corrected chi connectivity index (χ2v) is 3.33. The summed E-state index contributed by atoms with van der Waals surface area (Å²) in [4.78, 5) is 10.5. The Bertz CT molecular complexity index is 640. The predicted octanol–water partition coefficient (Wildman–Crippen LogP) is 2.04. The minimum Gasteiger partial charge on any atom is -0.477 e. The van der Waals surface area contributed by atoms with E-state index in [1.54, 1.807) is 0 Å². The topological polar surface area (TPSA) is 89.4 Å². The van der Waals surface area contributed by atoms with Gasteiger partial charge in [0.1, 0.15) is 17.1 Å². The second-order valence-electron chi connectivity index (χ2n) is 3.33. The molecule has 2 aromatic rings. The normalized spacial score (nSPS) is 10.6. The van der Waals surface area contributed by atoms with Gasteiger partial charge in [-0.1, -0.05) is 5.16 Å². The molecule has 18 heavy (non-hydrogen) atoms. The van der Waals surface area contributed by atoms with E-state index < -0.39 is 34.5 Å². The molecule has 94 valence electrons. The molecular weight excluding hydrogens is 253 g/mol. The lowest BCUT2D eigenvalue weighted by atomic mass is 10.1. The zero-order valence-corrected chi connectivity index (χ0v) is 8.58. The van der Waals surface area contributed by atoms with Gasteiger partial charge in [-0.3, -0.25) is 0 Å². The number of benzene rings is 1. The molecule has 0 unspecified atom stereocenters. The Morgan fingerprint density at radius 2 is 1.94 bits per heavy atom. The van der Waals surface area contributed by atoms with Crippen molar-refractivity contribution in [2.75, 3.05) is 5.73 Å². The third-order valence-corrected chi connectivity index (χ3v) is 2.18. The highest BCUT2D eigenvalue weighted by molar-refractivity contribution is 5.89. The van der Waals surface area contributed by atoms with Crippen molar-refractivity contribution >= 4 is 11.9 Å². The number of carbonyl (C=O) groups is 1. The lowest BCUT2D eigenvalue weighted by Gasteiger charge is -2.04. The van der Waals surface area contributed by atoms with Gasteiger partial charge in [0.2, 0.25) is 5.88 Å². The molecule has 0 spiro atoms. The molecule has 1 aromatic carbocycles. The highest BCUT2D eigenvalue weighted by Gasteiger charge is 2.25. The van der Waals surface area contributed by atoms with Crippen LogP contribution in [0.4, 0.5) is 19.1 Å². The Labute approximate surface area is 97.6 Å². The van der Waals surface area contributed by atoms with Crippen LogP contribution in [0.1, 0.15) is 10.4 Å². The molecule has 0 aliphatic rings. The minimum absolute atomic E-state index is 0.174. The third kappa shape index (κ3) is 1.77. The summed E-state index contributed by atoms with van der Waals surface area (Å²) in [5.41, 5.74) is 3.01. The molecule has 0 saturated heterocycles. The van der Waals surface area contributed by atoms with E-state index in [0.717, 1.165) is 6.07 Å². The average molecular weight is 258 g/mol. The molecule has 0 fully saturated rings. The number of hydrogen-bond acceptors (Lipinski definition) is 4. The SMILES string of the molecule is Nc1cc(-c2cc(F)c(C(=O)O)c(F)c2F)no1. The number of aromatic carboxylic acids is 1. The zero-order valence-electron chi connectivity index (χ0n) is 8.58. The summed E-state index contributed by atoms with van der Waals surface area (Å²) < 4.78 is 44.7. The Morgan fingerprint density at radius 3 is 2.44 bits per heavy atom. The highest BCUT2D eigenvalue weighted by Crippen LogP contribution is 2.28. The van der Waals surface area contributed by atoms with Crippen LogP contribution in [0, 0.1) is 17.5 Å². The van der Waals surface area contributed by atoms with E-state index in [0.29, 0.717) is 6.07 Å². The van der Waals surface area contributed by atoms with Crippen LogP contribution in [-0.2, 0) is 0 Å². The summed E-state index contributed by atoms with van der Waals surface area (Å²) in [5.74, 6) is -6.85. The zero-order chi connectivity index (χ0) is 13.4. The number of hydrogen-bond donors (Lipinski definition) is 2. The van der Waals surface area contributed by atoms with Gasteiger partial charge >= 0.3 is 5.97 Å². The van der Waals surface area contributed by atoms with Gasteiger partial charge in [-0.2, -0.15) is 0 Å². The quantitative estimate of drug-likeness (QED) is 0.804. The van der Waals surface area contributed by atoms with Crippen LogP contribution in [0.3, 0.4) is 0 Å². The maximum Gasteiger partial charge on any atom is 0.341 e. The molecule has 0 saturated carbocycles. The van der Waals surface area contributed by atoms with Crippen molar-refractivity contribution in [1.82, 2.24) is 5.16 Å². The van der Waals surface area contributed by atoms with Crippen molar-refractivity contribution in [2.24, 2.45) is 0 Å². The van der Waals surface area contributed by atoms with E-state index in [-0.39, 0.29) is 11.6 Å². The van der Waals surface area contributed by atoms with Gasteiger partial charge in [-0.05, 0) is 6.07 Å². The number of nitrogens with two attached hydrogens (primary N) is 1. The third-order valence-electron chi connectivity index (χ3n) is 2.18. The number of aromatic nitrogens is 1. The number of halogens is 3. The first-order valence-electron chi connectivity index (χ1n) is 4.55. The van der Waals surface area contributed by atoms with E-state index in [4.69, 9.17) is 10.8 Å². The monoisotopic (exact) mass is 258 g/mol. The first-order chi connectivity index (χ1) is 8.41. The second kappa shape index (κ2) is 4.06. The van der Waals surface area contributed by atoms with Crippen LogP contribution in [0.5, 0.6) is 0 Å². The molecule has 0 amide bonds. The van der Waals surface area contributed by atoms with E-state index in [1.807, 2.05) is 0 Å². The number of nitrogens with zero attached hydrogens (tertiary/aromatic N) is 1. The minimum atomic E-state index is -1.91. The van der Waals surface area contributed by atoms with Gasteiger partial charge in [0.15, 0.2) is 11.6 Å². The number of rotatable bonds is 2. The van der Waals surface area contributed by atoms with Crippen molar-refractivity contribution in [3.05, 3.63) is 35.1 Å². The summed E-state index contributed by atoms with van der Waals surface area (Å²) in [6.07, 6.45) is 0. The van der Waals surface area contributed by atoms with Gasteiger partial charge in [-0.15, -0.1) is 0 Å². The predicted molar refractivity (Wildman–Crippen MR) is 53.2 cm³/mol. The van der Waals surface area contributed by atoms with E-state index in [1.165, 1.54) is 0 Å². The summed E-state index contributed by atoms with van der Waals surface area (Å²) in [7, 11) is 0. The number of carboxylic acids is 1. The fraction of sp³-hybridized carbons (Fsp3) is 0. The smallest absolute Gasteiger partial charge is 0.341 e. The van der Waals surface area contributed by atoms with Crippen molar-refractivity contribution in [2.45, 2.75) is 0 Å². The Hall–Kier alpha value is -2.51. The molecule has 0 radical (unpaired) electrons. The van der Waals surface area contributed by atoms with Crippen molar-refractivity contribution in [1.29, 1.82) is 0 Å². The van der Waals surface area contributed by atoms with Gasteiger partial charge < -0.3 is 15.4 Å². The largest absolute Gasteiger partial charge is 0.477 e. The van der Waals surface area contributed by atoms with Crippen molar-refractivity contribution in [3.63, 3.8) is 0 Å². The maximum absolute atomic E-state index is 13.6. The van der Waals surface area contributed by atoms with E-state index >= 15 is 0 Å². The number of anilines is 1. The van der Waals surface area contributed by atoms with Crippen LogP contribution < -0.4 is 5.73 Å². The Morgan fingerprint density at radius 1 is 1.28 bits per heavy atom. The lowest BCUT2D eigenvalue weighted by Crippen LogP contribution is -2.08. The average Bonchev–Trinajstić information content (AvgIpc) is 2.69. The summed E-state index contributed by atoms with van der Waals surface area (Å²) in [5, 5.41) is 11.8. The van der Waals surface area contributed by atoms with E-state index in [9.17, 15) is 18.0 Å². The number of carboxylic acid groups (broad SMARTS) is 1. The molecule has 0 bridgehead atoms. The van der Waals surface area contributed by atoms with Crippen molar-refractivity contribution < 1.29 is 27.6 Å². The van der Waals surface area contributed by atoms with Crippen LogP contribution in [0.25, 0.3) is 11.3 Å². The molecule has 2 rings (SSSR count). The first-order valence-corrected chi connectivity index (χ1v) is 4.55. The molecular formula is C10H5F3N2O3. The van der Waals surface area contributed by atoms with Crippen LogP contribution >= 0.6 is 0 Å². The molecule has 0 atom stereocenters. The molecule has 5 nitrogen and oxygen atoms in total. The summed E-state index contributed by atoms with van der Waals surface area (Å²) >= 11 is 0. The Balaban J connectivity index is 2.69. The van der Waals surface area contributed by atoms with E-state index in [2.05, 4.69) is 9.68 Å². The van der Waals surface area contributed by atoms with Gasteiger partial charge in [0, 0.05) is 11.6 Å². The fourth-order valence-corrected chi connectivity index (χ4v) is 1.39. The molecule has 0 aliphatic carbocycles. The van der Waals surface area contributed by atoms with Crippen LogP contribution in [0.2, 0.25) is 0 Å². The van der Waals surface area contributed by atoms with Crippen LogP contribution in [-0.4, -0.2) is 16.2 Å². The molecule has 8 heteroatoms. The molecule has 1 heterocycles. The molecule has 1 aromatic heterocycles. The maximum atomic E-state index is 13.6. The standard InChI is InChI=1S/C10H5F3N2O3/c11-4-1-3(5-2-6(14)18-15-5)8(12)9(13)7(4)10(16)17/h1-2H,14H2,(H,16,17). The first kappa shape index (κ1) is 12.0. The fourth-order valence-electron chi connectivity index (χ4n) is 1.39. The summed E-state index contributed by atoms with van der Waals surface area (Å²) in [6.45, 7) is 0. The van der Waals surface area contributed by atoms with Crippen molar-refractivity contribution in [3.8, 4) is 11.3 Å². The summed E-state index contributed by atoms with van der Waals surface area (Å²) in [6, 6.07) is 1.57. The number of nitrogen functional groups attached to an aromatic ring is 1. The highest BCUT2D eigenvalue weighted by atomic mass is 19.2. The Kier molecular flexibility index (Phi) is 2.70. The van der Waals surface area contributed by atoms with Gasteiger partial charge in [0.05, 0.1) is 0 Å².